The maximum Gasteiger partial charge on any atom is 0.472 e. The van der Waals surface area contributed by atoms with Crippen LogP contribution in [0.2, 0.25) is 0 Å². The molecule has 570 valence electrons. The Morgan fingerprint density at radius 1 is 0.250 bits per heavy atom. The molecule has 0 aromatic rings. The van der Waals surface area contributed by atoms with Crippen molar-refractivity contribution in [2.24, 2.45) is 0 Å². The Labute approximate surface area is 588 Å². The smallest absolute Gasteiger partial charge is 0.462 e. The Balaban J connectivity index is 5.19. The second kappa shape index (κ2) is 71.5. The maximum absolute atomic E-state index is 13.1. The Morgan fingerprint density at radius 2 is 0.417 bits per heavy atom. The van der Waals surface area contributed by atoms with E-state index < -0.39 is 97.5 Å². The lowest BCUT2D eigenvalue weighted by Gasteiger charge is -2.21. The number of aliphatic hydroxyl groups excluding tert-OH is 1. The molecule has 0 aromatic carbocycles. The van der Waals surface area contributed by atoms with E-state index in [1.807, 2.05) is 0 Å². The standard InChI is InChI=1S/C77H150O17P2/c1-5-9-13-17-21-25-28-31-33-34-35-36-37-39-42-45-48-52-56-60-64-77(82)94-73(68-88-75(80)62-58-54-50-46-43-41-38-32-29-26-22-18-14-10-6-2)70-92-96(85,86)90-66-71(78)65-89-95(83,84)91-69-72(67-87-74(79)61-57-53-49-24-20-16-12-8-4)93-76(81)63-59-55-51-47-44-40-30-27-23-19-15-11-7-3/h71-73,78H,5-70H2,1-4H3,(H,83,84)(H,85,86)/t71-,72+,73+/m0/s1. The van der Waals surface area contributed by atoms with Crippen molar-refractivity contribution < 1.29 is 80.2 Å². The summed E-state index contributed by atoms with van der Waals surface area (Å²) >= 11 is 0. The van der Waals surface area contributed by atoms with Gasteiger partial charge in [-0.1, -0.05) is 362 Å². The average molecular weight is 1410 g/mol. The van der Waals surface area contributed by atoms with Crippen molar-refractivity contribution in [1.29, 1.82) is 0 Å². The molecule has 0 aliphatic rings. The highest BCUT2D eigenvalue weighted by Gasteiger charge is 2.30. The second-order valence-electron chi connectivity index (χ2n) is 27.7. The molecule has 0 rings (SSSR count). The minimum absolute atomic E-state index is 0.108. The molecular weight excluding hydrogens is 1260 g/mol. The molecule has 2 unspecified atom stereocenters. The van der Waals surface area contributed by atoms with E-state index in [2.05, 4.69) is 27.7 Å². The van der Waals surface area contributed by atoms with Gasteiger partial charge in [0.15, 0.2) is 12.2 Å². The fourth-order valence-electron chi connectivity index (χ4n) is 11.9. The number of hydrogen-bond donors (Lipinski definition) is 3. The molecule has 0 radical (unpaired) electrons. The van der Waals surface area contributed by atoms with E-state index in [0.29, 0.717) is 25.7 Å². The summed E-state index contributed by atoms with van der Waals surface area (Å²) in [5.74, 6) is -2.11. The lowest BCUT2D eigenvalue weighted by molar-refractivity contribution is -0.161. The van der Waals surface area contributed by atoms with Crippen LogP contribution in [0.5, 0.6) is 0 Å². The predicted molar refractivity (Wildman–Crippen MR) is 391 cm³/mol. The molecular formula is C77H150O17P2. The van der Waals surface area contributed by atoms with Gasteiger partial charge in [-0.2, -0.15) is 0 Å². The number of aliphatic hydroxyl groups is 1. The Kier molecular flexibility index (Phi) is 70.0. The fourth-order valence-corrected chi connectivity index (χ4v) is 13.5. The summed E-state index contributed by atoms with van der Waals surface area (Å²) in [7, 11) is -9.91. The minimum Gasteiger partial charge on any atom is -0.462 e. The molecule has 96 heavy (non-hydrogen) atoms. The molecule has 0 bridgehead atoms. The number of phosphoric acid groups is 2. The van der Waals surface area contributed by atoms with E-state index in [1.165, 1.54) is 244 Å². The third-order valence-electron chi connectivity index (χ3n) is 18.1. The molecule has 17 nitrogen and oxygen atoms in total. The van der Waals surface area contributed by atoms with Crippen LogP contribution in [-0.4, -0.2) is 96.7 Å². The SMILES string of the molecule is CCCCCCCCCCCCCCCCCCCCCCC(=O)O[C@H](COC(=O)CCCCCCCCCCCCCCCCC)COP(=O)(O)OC[C@@H](O)COP(=O)(O)OC[C@@H](COC(=O)CCCCCCCCCC)OC(=O)CCCCCCCCCCCCCCC. The van der Waals surface area contributed by atoms with Crippen LogP contribution in [-0.2, 0) is 65.4 Å². The number of carbonyl (C=O) groups is 4. The number of phosphoric ester groups is 2. The summed E-state index contributed by atoms with van der Waals surface area (Å²) in [4.78, 5) is 72.8. The summed E-state index contributed by atoms with van der Waals surface area (Å²) in [5.41, 5.74) is 0. The van der Waals surface area contributed by atoms with Gasteiger partial charge in [0.05, 0.1) is 26.4 Å². The van der Waals surface area contributed by atoms with E-state index >= 15 is 0 Å². The summed E-state index contributed by atoms with van der Waals surface area (Å²) < 4.78 is 68.5. The van der Waals surface area contributed by atoms with Crippen LogP contribution in [0.1, 0.15) is 413 Å². The highest BCUT2D eigenvalue weighted by molar-refractivity contribution is 7.47. The van der Waals surface area contributed by atoms with Crippen molar-refractivity contribution in [3.05, 3.63) is 0 Å². The van der Waals surface area contributed by atoms with E-state index in [0.717, 1.165) is 89.9 Å². The lowest BCUT2D eigenvalue weighted by atomic mass is 10.0. The monoisotopic (exact) mass is 1410 g/mol. The van der Waals surface area contributed by atoms with Crippen molar-refractivity contribution in [3.63, 3.8) is 0 Å². The number of esters is 4. The van der Waals surface area contributed by atoms with Crippen LogP contribution in [0.3, 0.4) is 0 Å². The van der Waals surface area contributed by atoms with Gasteiger partial charge in [-0.25, -0.2) is 9.13 Å². The molecule has 0 spiro atoms. The molecule has 0 fully saturated rings. The zero-order chi connectivity index (χ0) is 70.4. The second-order valence-corrected chi connectivity index (χ2v) is 30.7. The van der Waals surface area contributed by atoms with Crippen LogP contribution in [0, 0.1) is 0 Å². The van der Waals surface area contributed by atoms with Gasteiger partial charge in [-0.05, 0) is 25.7 Å². The van der Waals surface area contributed by atoms with Gasteiger partial charge in [0.2, 0.25) is 0 Å². The molecule has 0 aromatic heterocycles. The normalized spacial score (nSPS) is 13.9. The zero-order valence-electron chi connectivity index (χ0n) is 62.4. The molecule has 0 aliphatic heterocycles. The topological polar surface area (TPSA) is 237 Å². The summed E-state index contributed by atoms with van der Waals surface area (Å²) in [6.07, 6.45) is 62.5. The van der Waals surface area contributed by atoms with Crippen molar-refractivity contribution >= 4 is 39.5 Å². The summed E-state index contributed by atoms with van der Waals surface area (Å²) in [6, 6.07) is 0. The highest BCUT2D eigenvalue weighted by atomic mass is 31.2. The van der Waals surface area contributed by atoms with E-state index in [9.17, 15) is 43.2 Å². The predicted octanol–water partition coefficient (Wildman–Crippen LogP) is 23.0. The van der Waals surface area contributed by atoms with Crippen molar-refractivity contribution in [2.75, 3.05) is 39.6 Å². The van der Waals surface area contributed by atoms with Gasteiger partial charge >= 0.3 is 39.5 Å². The first-order valence-corrected chi connectivity index (χ1v) is 43.3. The maximum atomic E-state index is 13.1. The number of ether oxygens (including phenoxy) is 4. The number of rotatable bonds is 78. The first-order valence-electron chi connectivity index (χ1n) is 40.3. The van der Waals surface area contributed by atoms with E-state index in [1.54, 1.807) is 0 Å². The molecule has 0 amide bonds. The van der Waals surface area contributed by atoms with Crippen molar-refractivity contribution in [1.82, 2.24) is 0 Å². The molecule has 5 atom stereocenters. The summed E-state index contributed by atoms with van der Waals surface area (Å²) in [5, 5.41) is 10.6. The van der Waals surface area contributed by atoms with Gasteiger partial charge < -0.3 is 33.8 Å². The molecule has 19 heteroatoms. The third-order valence-corrected chi connectivity index (χ3v) is 20.0. The average Bonchev–Trinajstić information content (AvgIpc) is 1.40. The third kappa shape index (κ3) is 70.5. The fraction of sp³-hybridized carbons (Fsp3) is 0.948. The van der Waals surface area contributed by atoms with Crippen LogP contribution in [0.15, 0.2) is 0 Å². The molecule has 3 N–H and O–H groups in total. The Bertz CT molecular complexity index is 1830. The van der Waals surface area contributed by atoms with Gasteiger partial charge in [-0.3, -0.25) is 37.3 Å². The molecule has 0 saturated carbocycles. The van der Waals surface area contributed by atoms with E-state index in [4.69, 9.17) is 37.0 Å². The van der Waals surface area contributed by atoms with Gasteiger partial charge in [0.1, 0.15) is 19.3 Å². The highest BCUT2D eigenvalue weighted by Crippen LogP contribution is 2.45. The van der Waals surface area contributed by atoms with Crippen LogP contribution in [0.4, 0.5) is 0 Å². The number of carbonyl (C=O) groups excluding carboxylic acids is 4. The largest absolute Gasteiger partial charge is 0.472 e. The Morgan fingerprint density at radius 3 is 0.615 bits per heavy atom. The zero-order valence-corrected chi connectivity index (χ0v) is 64.1. The lowest BCUT2D eigenvalue weighted by Crippen LogP contribution is -2.30. The van der Waals surface area contributed by atoms with Crippen LogP contribution < -0.4 is 0 Å². The first kappa shape index (κ1) is 94.1. The van der Waals surface area contributed by atoms with Crippen LogP contribution in [0.25, 0.3) is 0 Å². The van der Waals surface area contributed by atoms with Gasteiger partial charge in [-0.15, -0.1) is 0 Å². The number of hydrogen-bond acceptors (Lipinski definition) is 15. The minimum atomic E-state index is -4.96. The van der Waals surface area contributed by atoms with Crippen LogP contribution >= 0.6 is 15.6 Å². The molecule has 0 heterocycles. The Hall–Kier alpha value is -1.94. The van der Waals surface area contributed by atoms with Crippen molar-refractivity contribution in [3.8, 4) is 0 Å². The van der Waals surface area contributed by atoms with Crippen molar-refractivity contribution in [2.45, 2.75) is 431 Å². The van der Waals surface area contributed by atoms with E-state index in [-0.39, 0.29) is 25.7 Å². The summed E-state index contributed by atoms with van der Waals surface area (Å²) in [6.45, 7) is 4.97. The first-order chi connectivity index (χ1) is 46.7. The molecule has 0 aliphatic carbocycles. The quantitative estimate of drug-likeness (QED) is 0.0222. The van der Waals surface area contributed by atoms with Gasteiger partial charge in [0.25, 0.3) is 0 Å². The van der Waals surface area contributed by atoms with Gasteiger partial charge in [0, 0.05) is 25.7 Å². The number of unbranched alkanes of at least 4 members (excludes halogenated alkanes) is 52. The molecule has 0 saturated heterocycles.